The van der Waals surface area contributed by atoms with Crippen LogP contribution in [-0.2, 0) is 43.5 Å². The summed E-state index contributed by atoms with van der Waals surface area (Å²) in [5.41, 5.74) is 11.1. The average molecular weight is 1190 g/mol. The van der Waals surface area contributed by atoms with E-state index in [-0.39, 0.29) is 81.0 Å². The lowest BCUT2D eigenvalue weighted by Gasteiger charge is -2.35. The minimum Gasteiger partial charge on any atom is -0.471 e. The Kier molecular flexibility index (Phi) is 22.8. The van der Waals surface area contributed by atoms with Crippen molar-refractivity contribution in [3.63, 3.8) is 0 Å². The van der Waals surface area contributed by atoms with Gasteiger partial charge in [0.15, 0.2) is 6.17 Å². The number of unbranched alkanes of at least 4 members (excludes halogenated alkanes) is 7. The summed E-state index contributed by atoms with van der Waals surface area (Å²) in [6, 6.07) is 12.4. The summed E-state index contributed by atoms with van der Waals surface area (Å²) in [4.78, 5) is 95.5. The highest BCUT2D eigenvalue weighted by Gasteiger charge is 2.44. The Balaban J connectivity index is 0.725. The number of imidazole rings is 1. The van der Waals surface area contributed by atoms with Crippen LogP contribution in [-0.4, -0.2) is 133 Å². The van der Waals surface area contributed by atoms with Gasteiger partial charge in [-0.05, 0) is 72.9 Å². The molecule has 0 unspecified atom stereocenters. The lowest BCUT2D eigenvalue weighted by molar-refractivity contribution is -0.274. The Labute approximate surface area is 490 Å². The second kappa shape index (κ2) is 29.9. The molecule has 0 aliphatic carbocycles. The maximum absolute atomic E-state index is 15.4. The van der Waals surface area contributed by atoms with E-state index in [9.17, 15) is 47.0 Å². The molecular formula is C60H76F4N10O9S. The minimum atomic E-state index is -4.85. The fraction of sp³-hybridized carbons (Fsp3) is 0.517. The summed E-state index contributed by atoms with van der Waals surface area (Å²) in [6.45, 7) is 8.78. The lowest BCUT2D eigenvalue weighted by Crippen LogP contribution is -2.57. The number of rotatable bonds is 28. The highest BCUT2D eigenvalue weighted by Crippen LogP contribution is 2.31. The number of carbonyl (C=O) groups excluding carboxylic acids is 6. The third-order valence-electron chi connectivity index (χ3n) is 14.8. The average Bonchev–Trinajstić information content (AvgIpc) is 4.36. The van der Waals surface area contributed by atoms with E-state index in [0.29, 0.717) is 42.8 Å². The number of pyridine rings is 1. The Morgan fingerprint density at radius 3 is 2.15 bits per heavy atom. The largest absolute Gasteiger partial charge is 0.573 e. The number of aliphatic hydroxyl groups excluding tert-OH is 1. The van der Waals surface area contributed by atoms with Crippen molar-refractivity contribution in [2.45, 2.75) is 168 Å². The number of carbonyl (C=O) groups is 6. The maximum Gasteiger partial charge on any atom is 0.573 e. The van der Waals surface area contributed by atoms with Crippen molar-refractivity contribution >= 4 is 46.8 Å². The molecule has 6 amide bonds. The topological polar surface area (TPSA) is 253 Å². The number of primary amides is 1. The van der Waals surface area contributed by atoms with Crippen LogP contribution in [0, 0.1) is 12.3 Å². The van der Waals surface area contributed by atoms with E-state index in [1.807, 2.05) is 62.0 Å². The zero-order chi connectivity index (χ0) is 60.6. The third-order valence-corrected chi connectivity index (χ3v) is 15.8. The Morgan fingerprint density at radius 2 is 1.51 bits per heavy atom. The zero-order valence-corrected chi connectivity index (χ0v) is 48.7. The molecule has 2 fully saturated rings. The van der Waals surface area contributed by atoms with Crippen molar-refractivity contribution in [1.29, 1.82) is 0 Å². The van der Waals surface area contributed by atoms with Gasteiger partial charge in [0.1, 0.15) is 29.5 Å². The minimum absolute atomic E-state index is 0.00149. The van der Waals surface area contributed by atoms with Gasteiger partial charge in [0, 0.05) is 76.4 Å². The molecule has 0 saturated carbocycles. The van der Waals surface area contributed by atoms with E-state index in [0.717, 1.165) is 85.2 Å². The number of benzene rings is 2. The van der Waals surface area contributed by atoms with Gasteiger partial charge < -0.3 is 50.6 Å². The number of nitrogens with one attached hydrogen (secondary N) is 3. The number of amides is 6. The predicted molar refractivity (Wildman–Crippen MR) is 307 cm³/mol. The van der Waals surface area contributed by atoms with Crippen LogP contribution in [0.4, 0.5) is 17.6 Å². The van der Waals surface area contributed by atoms with Gasteiger partial charge in [-0.25, -0.2) is 19.3 Å². The first-order valence-electron chi connectivity index (χ1n) is 28.6. The van der Waals surface area contributed by atoms with Gasteiger partial charge in [-0.1, -0.05) is 89.3 Å². The number of alkyl halides is 4. The number of aliphatic hydroxyl groups is 1. The summed E-state index contributed by atoms with van der Waals surface area (Å²) in [6.07, 6.45) is 4.74. The van der Waals surface area contributed by atoms with Gasteiger partial charge >= 0.3 is 6.36 Å². The van der Waals surface area contributed by atoms with Gasteiger partial charge in [0.05, 0.1) is 47.2 Å². The molecule has 454 valence electrons. The SMILES string of the molecule is Cc1ncsc1-c1ccc(CNC(=O)[C@@H]2C[C@@H](O)CN2C(=O)[C@@H](NC(=O)CCCCCCCCCC(=O)NCCCCn2cnc(-c3cnc(O[C@@H]4CCN(C(=O)Cc5ccc(OC(F)(F)F)cc5)C[C@H]4F)c(C(N)=O)c3)c2)C(C)(C)C)cc1. The fourth-order valence-electron chi connectivity index (χ4n) is 10.2. The monoisotopic (exact) mass is 1190 g/mol. The number of hydrogen-bond donors (Lipinski definition) is 5. The van der Waals surface area contributed by atoms with E-state index in [1.165, 1.54) is 34.2 Å². The highest BCUT2D eigenvalue weighted by atomic mass is 32.1. The molecule has 2 aromatic carbocycles. The van der Waals surface area contributed by atoms with Gasteiger partial charge in [0.25, 0.3) is 5.91 Å². The van der Waals surface area contributed by atoms with Crippen LogP contribution in [0.25, 0.3) is 21.7 Å². The Hall–Kier alpha value is -7.47. The number of piperidine rings is 1. The van der Waals surface area contributed by atoms with Gasteiger partial charge in [-0.3, -0.25) is 28.8 Å². The second-order valence-corrected chi connectivity index (χ2v) is 23.4. The molecule has 24 heteroatoms. The van der Waals surface area contributed by atoms with Crippen LogP contribution in [0.3, 0.4) is 0 Å². The van der Waals surface area contributed by atoms with Crippen LogP contribution in [0.15, 0.2) is 78.8 Å². The van der Waals surface area contributed by atoms with Crippen molar-refractivity contribution in [2.75, 3.05) is 26.2 Å². The Morgan fingerprint density at radius 1 is 0.833 bits per heavy atom. The van der Waals surface area contributed by atoms with E-state index in [2.05, 4.69) is 35.6 Å². The van der Waals surface area contributed by atoms with E-state index < -0.39 is 65.7 Å². The number of β-amino-alcohol motifs (C(OH)–C–C–N with tert-alkyl or cyclic N) is 1. The smallest absolute Gasteiger partial charge is 0.471 e. The first-order chi connectivity index (χ1) is 40.0. The number of aromatic nitrogens is 4. The molecule has 2 saturated heterocycles. The number of nitrogens with two attached hydrogens (primary N) is 1. The molecule has 2 aliphatic heterocycles. The Bertz CT molecular complexity index is 3020. The first kappa shape index (κ1) is 64.1. The normalized spacial score (nSPS) is 17.6. The van der Waals surface area contributed by atoms with Crippen LogP contribution >= 0.6 is 11.3 Å². The molecule has 3 aromatic heterocycles. The summed E-state index contributed by atoms with van der Waals surface area (Å²) in [5.74, 6) is -2.84. The first-order valence-corrected chi connectivity index (χ1v) is 29.5. The molecule has 6 N–H and O–H groups in total. The second-order valence-electron chi connectivity index (χ2n) is 22.6. The number of aryl methyl sites for hydroxylation is 2. The van der Waals surface area contributed by atoms with Crippen LogP contribution in [0.5, 0.6) is 11.6 Å². The zero-order valence-electron chi connectivity index (χ0n) is 47.9. The molecule has 0 radical (unpaired) electrons. The standard InChI is InChI=1S/C60H76F4N10O9S/c1-38-53(84-37-70-38)41-20-16-40(17-21-41)31-67-56(80)48-30-43(75)33-74(48)58(81)54(59(2,3)4)71-51(77)15-11-9-7-5-6-8-10-14-50(76)66-25-12-13-26-72-35-47(69-36-72)42-29-45(55(65)79)57(68-32-42)82-49-24-27-73(34-46(49)61)52(78)28-39-18-22-44(23-19-39)83-60(62,63)64/h16-23,29,32,35-37,43,46,48-49,54,75H,5-15,24-28,30-31,33-34H2,1-4H3,(H2,65,79)(H,66,76)(H,67,80)(H,71,77)/t43-,46-,48+,49-,54-/m1/s1. The number of thiazole rings is 1. The molecule has 5 atom stereocenters. The van der Waals surface area contributed by atoms with Gasteiger partial charge in [0.2, 0.25) is 35.4 Å². The van der Waals surface area contributed by atoms with Crippen molar-refractivity contribution in [1.82, 2.24) is 45.3 Å². The van der Waals surface area contributed by atoms with Crippen molar-refractivity contribution in [3.05, 3.63) is 101 Å². The summed E-state index contributed by atoms with van der Waals surface area (Å²) in [7, 11) is 0. The highest BCUT2D eigenvalue weighted by molar-refractivity contribution is 7.13. The molecule has 19 nitrogen and oxygen atoms in total. The number of hydrogen-bond acceptors (Lipinski definition) is 13. The summed E-state index contributed by atoms with van der Waals surface area (Å²) >= 11 is 1.57. The molecule has 2 aliphatic rings. The van der Waals surface area contributed by atoms with Crippen LogP contribution < -0.4 is 31.2 Å². The molecule has 84 heavy (non-hydrogen) atoms. The molecule has 7 rings (SSSR count). The quantitative estimate of drug-likeness (QED) is 0.0235. The summed E-state index contributed by atoms with van der Waals surface area (Å²) < 4.78 is 64.5. The predicted octanol–water partition coefficient (Wildman–Crippen LogP) is 8.15. The van der Waals surface area contributed by atoms with E-state index >= 15 is 4.39 Å². The van der Waals surface area contributed by atoms with Gasteiger partial charge in [-0.15, -0.1) is 24.5 Å². The number of nitrogens with zero attached hydrogens (tertiary/aromatic N) is 6. The molecule has 0 bridgehead atoms. The van der Waals surface area contributed by atoms with Gasteiger partial charge in [-0.2, -0.15) is 0 Å². The molecule has 0 spiro atoms. The van der Waals surface area contributed by atoms with E-state index in [1.54, 1.807) is 23.9 Å². The molecule has 5 heterocycles. The van der Waals surface area contributed by atoms with Crippen LogP contribution in [0.2, 0.25) is 0 Å². The summed E-state index contributed by atoms with van der Waals surface area (Å²) in [5, 5.41) is 19.5. The number of likely N-dealkylation sites (tertiary alicyclic amines) is 2. The number of halogens is 4. The number of ether oxygens (including phenoxy) is 2. The van der Waals surface area contributed by atoms with Crippen molar-refractivity contribution in [3.8, 4) is 33.3 Å². The third kappa shape index (κ3) is 19.0. The van der Waals surface area contributed by atoms with E-state index in [4.69, 9.17) is 10.5 Å². The van der Waals surface area contributed by atoms with Crippen LogP contribution in [0.1, 0.15) is 131 Å². The fourth-order valence-corrected chi connectivity index (χ4v) is 11.0. The molecule has 5 aromatic rings. The lowest BCUT2D eigenvalue weighted by atomic mass is 9.85. The maximum atomic E-state index is 15.4. The van der Waals surface area contributed by atoms with Crippen molar-refractivity contribution in [2.24, 2.45) is 11.1 Å². The van der Waals surface area contributed by atoms with Crippen molar-refractivity contribution < 1.29 is 60.9 Å². The molecular weight excluding hydrogens is 1110 g/mol.